The molecule has 126 valence electrons. The Labute approximate surface area is 132 Å². The topological polar surface area (TPSA) is 84.0 Å². The standard InChI is InChI=1S/C14H24N2O5S/c1-5-6-9-22(19,20)16-8-7-15(10-12(16)11-17)13(18)21-14(2,3)4/h5,11-12H,1,6-10H2,2-4H3. The minimum atomic E-state index is -3.54. The molecule has 1 atom stereocenters. The highest BCUT2D eigenvalue weighted by Crippen LogP contribution is 2.17. The van der Waals surface area contributed by atoms with Crippen LogP contribution in [0.3, 0.4) is 0 Å². The van der Waals surface area contributed by atoms with Crippen LogP contribution >= 0.6 is 0 Å². The van der Waals surface area contributed by atoms with Gasteiger partial charge in [0, 0.05) is 19.6 Å². The molecule has 1 amide bonds. The van der Waals surface area contributed by atoms with Crippen LogP contribution in [0.15, 0.2) is 12.7 Å². The summed E-state index contributed by atoms with van der Waals surface area (Å²) in [4.78, 5) is 24.6. The van der Waals surface area contributed by atoms with Crippen molar-refractivity contribution in [2.45, 2.75) is 38.8 Å². The molecular formula is C14H24N2O5S. The third-order valence-electron chi connectivity index (χ3n) is 3.11. The van der Waals surface area contributed by atoms with Crippen LogP contribution in [-0.2, 0) is 19.6 Å². The van der Waals surface area contributed by atoms with Crippen LogP contribution in [0.2, 0.25) is 0 Å². The summed E-state index contributed by atoms with van der Waals surface area (Å²) in [5.41, 5.74) is -0.638. The molecule has 0 radical (unpaired) electrons. The van der Waals surface area contributed by atoms with E-state index in [0.717, 1.165) is 4.31 Å². The number of carbonyl (C=O) groups is 2. The number of aldehydes is 1. The van der Waals surface area contributed by atoms with E-state index in [1.54, 1.807) is 20.8 Å². The predicted molar refractivity (Wildman–Crippen MR) is 83.0 cm³/mol. The second-order valence-electron chi connectivity index (χ2n) is 6.13. The van der Waals surface area contributed by atoms with Gasteiger partial charge in [-0.15, -0.1) is 6.58 Å². The van der Waals surface area contributed by atoms with Crippen LogP contribution in [0.5, 0.6) is 0 Å². The first kappa shape index (κ1) is 18.6. The molecule has 0 saturated carbocycles. The van der Waals surface area contributed by atoms with Crippen molar-refractivity contribution in [2.75, 3.05) is 25.4 Å². The fraction of sp³-hybridized carbons (Fsp3) is 0.714. The number of hydrogen-bond donors (Lipinski definition) is 0. The monoisotopic (exact) mass is 332 g/mol. The van der Waals surface area contributed by atoms with E-state index < -0.39 is 27.8 Å². The van der Waals surface area contributed by atoms with Crippen LogP contribution < -0.4 is 0 Å². The molecule has 0 bridgehead atoms. The Hall–Kier alpha value is -1.41. The third kappa shape index (κ3) is 5.10. The zero-order valence-corrected chi connectivity index (χ0v) is 14.1. The zero-order chi connectivity index (χ0) is 17.0. The van der Waals surface area contributed by atoms with Gasteiger partial charge in [-0.05, 0) is 27.2 Å². The maximum absolute atomic E-state index is 12.2. The molecule has 0 aromatic heterocycles. The molecule has 0 N–H and O–H groups in total. The summed E-state index contributed by atoms with van der Waals surface area (Å²) in [6.07, 6.45) is 1.86. The Morgan fingerprint density at radius 1 is 1.36 bits per heavy atom. The molecular weight excluding hydrogens is 308 g/mol. The molecule has 0 aliphatic carbocycles. The lowest BCUT2D eigenvalue weighted by Crippen LogP contribution is -2.58. The number of ether oxygens (including phenoxy) is 1. The highest BCUT2D eigenvalue weighted by atomic mass is 32.2. The maximum atomic E-state index is 12.2. The summed E-state index contributed by atoms with van der Waals surface area (Å²) in [7, 11) is -3.54. The van der Waals surface area contributed by atoms with Crippen LogP contribution in [0.25, 0.3) is 0 Å². The number of piperazine rings is 1. The Bertz CT molecular complexity index is 524. The molecule has 1 aliphatic heterocycles. The van der Waals surface area contributed by atoms with Gasteiger partial charge in [-0.1, -0.05) is 6.08 Å². The predicted octanol–water partition coefficient (Wildman–Crippen LogP) is 1.01. The average molecular weight is 332 g/mol. The van der Waals surface area contributed by atoms with E-state index in [0.29, 0.717) is 12.7 Å². The number of rotatable bonds is 5. The Balaban J connectivity index is 2.78. The molecule has 1 unspecified atom stereocenters. The first-order valence-electron chi connectivity index (χ1n) is 7.14. The Morgan fingerprint density at radius 3 is 2.50 bits per heavy atom. The van der Waals surface area contributed by atoms with Crippen LogP contribution in [0, 0.1) is 0 Å². The summed E-state index contributed by atoms with van der Waals surface area (Å²) in [5, 5.41) is 0. The highest BCUT2D eigenvalue weighted by Gasteiger charge is 2.37. The molecule has 8 heteroatoms. The zero-order valence-electron chi connectivity index (χ0n) is 13.3. The van der Waals surface area contributed by atoms with Crippen LogP contribution in [-0.4, -0.2) is 67.0 Å². The summed E-state index contributed by atoms with van der Waals surface area (Å²) in [6, 6.07) is -0.879. The Morgan fingerprint density at radius 2 is 2.00 bits per heavy atom. The van der Waals surface area contributed by atoms with Crippen molar-refractivity contribution in [2.24, 2.45) is 0 Å². The van der Waals surface area contributed by atoms with Crippen LogP contribution in [0.4, 0.5) is 4.79 Å². The number of nitrogens with zero attached hydrogens (tertiary/aromatic N) is 2. The molecule has 1 aliphatic rings. The van der Waals surface area contributed by atoms with Gasteiger partial charge in [0.1, 0.15) is 11.9 Å². The van der Waals surface area contributed by atoms with Gasteiger partial charge in [0.05, 0.1) is 11.8 Å². The minimum Gasteiger partial charge on any atom is -0.444 e. The number of sulfonamides is 1. The van der Waals surface area contributed by atoms with Crippen molar-refractivity contribution in [1.82, 2.24) is 9.21 Å². The van der Waals surface area contributed by atoms with Crippen LogP contribution in [0.1, 0.15) is 27.2 Å². The maximum Gasteiger partial charge on any atom is 0.410 e. The first-order chi connectivity index (χ1) is 10.1. The van der Waals surface area contributed by atoms with E-state index in [4.69, 9.17) is 4.74 Å². The van der Waals surface area contributed by atoms with Gasteiger partial charge in [-0.3, -0.25) is 0 Å². The number of hydrogen-bond acceptors (Lipinski definition) is 5. The van der Waals surface area contributed by atoms with Crippen molar-refractivity contribution in [3.8, 4) is 0 Å². The number of allylic oxidation sites excluding steroid dienone is 1. The van der Waals surface area contributed by atoms with Crippen molar-refractivity contribution in [3.63, 3.8) is 0 Å². The molecule has 7 nitrogen and oxygen atoms in total. The molecule has 1 rings (SSSR count). The normalized spacial score (nSPS) is 20.5. The van der Waals surface area contributed by atoms with Crippen molar-refractivity contribution >= 4 is 22.4 Å². The SMILES string of the molecule is C=CCCS(=O)(=O)N1CCN(C(=O)OC(C)(C)C)CC1C=O. The number of carbonyl (C=O) groups excluding carboxylic acids is 2. The molecule has 0 spiro atoms. The molecule has 1 saturated heterocycles. The molecule has 1 fully saturated rings. The lowest BCUT2D eigenvalue weighted by atomic mass is 10.2. The number of amides is 1. The summed E-state index contributed by atoms with van der Waals surface area (Å²) in [5.74, 6) is -0.0900. The quantitative estimate of drug-likeness (QED) is 0.554. The fourth-order valence-corrected chi connectivity index (χ4v) is 3.68. The van der Waals surface area contributed by atoms with E-state index in [9.17, 15) is 18.0 Å². The van der Waals surface area contributed by atoms with Gasteiger partial charge in [-0.2, -0.15) is 4.31 Å². The fourth-order valence-electron chi connectivity index (χ4n) is 2.09. The molecule has 0 aromatic rings. The lowest BCUT2D eigenvalue weighted by Gasteiger charge is -2.38. The smallest absolute Gasteiger partial charge is 0.410 e. The molecule has 0 aromatic carbocycles. The molecule has 1 heterocycles. The summed E-state index contributed by atoms with van der Waals surface area (Å²) >= 11 is 0. The van der Waals surface area contributed by atoms with Gasteiger partial charge >= 0.3 is 6.09 Å². The van der Waals surface area contributed by atoms with Gasteiger partial charge in [0.2, 0.25) is 10.0 Å². The van der Waals surface area contributed by atoms with Gasteiger partial charge in [0.25, 0.3) is 0 Å². The van der Waals surface area contributed by atoms with Gasteiger partial charge < -0.3 is 14.4 Å². The Kier molecular flexibility index (Phi) is 6.13. The van der Waals surface area contributed by atoms with Gasteiger partial charge in [0.15, 0.2) is 0 Å². The highest BCUT2D eigenvalue weighted by molar-refractivity contribution is 7.89. The first-order valence-corrected chi connectivity index (χ1v) is 8.75. The minimum absolute atomic E-state index is 0.00569. The van der Waals surface area contributed by atoms with E-state index in [1.807, 2.05) is 0 Å². The van der Waals surface area contributed by atoms with Crippen molar-refractivity contribution in [3.05, 3.63) is 12.7 Å². The average Bonchev–Trinajstić information content (AvgIpc) is 2.42. The van der Waals surface area contributed by atoms with E-state index in [2.05, 4.69) is 6.58 Å². The third-order valence-corrected chi connectivity index (χ3v) is 5.03. The van der Waals surface area contributed by atoms with Gasteiger partial charge in [-0.25, -0.2) is 13.2 Å². The second-order valence-corrected chi connectivity index (χ2v) is 8.17. The molecule has 22 heavy (non-hydrogen) atoms. The van der Waals surface area contributed by atoms with Crippen molar-refractivity contribution < 1.29 is 22.7 Å². The largest absolute Gasteiger partial charge is 0.444 e. The summed E-state index contributed by atoms with van der Waals surface area (Å²) < 4.78 is 30.8. The van der Waals surface area contributed by atoms with E-state index in [-0.39, 0.29) is 25.4 Å². The second kappa shape index (κ2) is 7.23. The van der Waals surface area contributed by atoms with Crippen molar-refractivity contribution in [1.29, 1.82) is 0 Å². The van der Waals surface area contributed by atoms with E-state index in [1.165, 1.54) is 11.0 Å². The lowest BCUT2D eigenvalue weighted by molar-refractivity contribution is -0.112. The van der Waals surface area contributed by atoms with E-state index >= 15 is 0 Å². The summed E-state index contributed by atoms with van der Waals surface area (Å²) in [6.45, 7) is 9.03.